The molecule has 0 saturated heterocycles. The van der Waals surface area contributed by atoms with Gasteiger partial charge < -0.3 is 0 Å². The number of sulfonamides is 1. The molecule has 0 amide bonds. The molecule has 2 aromatic rings. The lowest BCUT2D eigenvalue weighted by Crippen LogP contribution is -2.23. The first-order valence-electron chi connectivity index (χ1n) is 7.88. The van der Waals surface area contributed by atoms with Crippen LogP contribution < -0.4 is 0 Å². The van der Waals surface area contributed by atoms with Gasteiger partial charge in [0.15, 0.2) is 0 Å². The first-order chi connectivity index (χ1) is 11.4. The maximum Gasteiger partial charge on any atom is 0.242 e. The van der Waals surface area contributed by atoms with Gasteiger partial charge in [0.2, 0.25) is 10.0 Å². The molecule has 1 fully saturated rings. The van der Waals surface area contributed by atoms with Crippen molar-refractivity contribution in [3.05, 3.63) is 34.7 Å². The minimum Gasteiger partial charge on any atom is -0.299 e. The number of ketones is 1. The zero-order valence-electron chi connectivity index (χ0n) is 13.7. The molecular formula is C17H20N2O3S2. The molecule has 1 heterocycles. The van der Waals surface area contributed by atoms with Crippen LogP contribution in [0.5, 0.6) is 0 Å². The molecule has 0 radical (unpaired) electrons. The Kier molecular flexibility index (Phi) is 4.85. The smallest absolute Gasteiger partial charge is 0.242 e. The summed E-state index contributed by atoms with van der Waals surface area (Å²) in [5, 5.41) is 2.74. The van der Waals surface area contributed by atoms with Gasteiger partial charge in [-0.3, -0.25) is 4.79 Å². The molecule has 1 aliphatic carbocycles. The van der Waals surface area contributed by atoms with Gasteiger partial charge >= 0.3 is 0 Å². The lowest BCUT2D eigenvalue weighted by Gasteiger charge is -2.23. The van der Waals surface area contributed by atoms with E-state index in [1.807, 2.05) is 5.38 Å². The highest BCUT2D eigenvalue weighted by Crippen LogP contribution is 2.30. The first kappa shape index (κ1) is 17.3. The molecule has 0 unspecified atom stereocenters. The average molecular weight is 364 g/mol. The van der Waals surface area contributed by atoms with Gasteiger partial charge in [-0.05, 0) is 25.0 Å². The van der Waals surface area contributed by atoms with Crippen LogP contribution in [0, 0.1) is 5.92 Å². The van der Waals surface area contributed by atoms with Crippen molar-refractivity contribution in [1.82, 2.24) is 9.29 Å². The third kappa shape index (κ3) is 3.43. The van der Waals surface area contributed by atoms with E-state index in [0.29, 0.717) is 6.42 Å². The second-order valence-corrected chi connectivity index (χ2v) is 9.30. The van der Waals surface area contributed by atoms with Gasteiger partial charge in [-0.25, -0.2) is 17.7 Å². The molecule has 1 aliphatic rings. The summed E-state index contributed by atoms with van der Waals surface area (Å²) in [6.07, 6.45) is 3.59. The number of benzene rings is 1. The minimum atomic E-state index is -3.42. The Bertz CT molecular complexity index is 835. The fourth-order valence-corrected chi connectivity index (χ4v) is 4.27. The van der Waals surface area contributed by atoms with Gasteiger partial charge in [-0.1, -0.05) is 18.6 Å². The van der Waals surface area contributed by atoms with Crippen molar-refractivity contribution in [2.45, 2.75) is 30.6 Å². The van der Waals surface area contributed by atoms with Crippen molar-refractivity contribution in [2.75, 3.05) is 14.1 Å². The Morgan fingerprint density at radius 1 is 1.25 bits per heavy atom. The number of hydrogen-bond donors (Lipinski definition) is 0. The zero-order valence-corrected chi connectivity index (χ0v) is 15.4. The van der Waals surface area contributed by atoms with E-state index >= 15 is 0 Å². The third-order valence-electron chi connectivity index (χ3n) is 4.37. The minimum absolute atomic E-state index is 0.230. The predicted molar refractivity (Wildman–Crippen MR) is 94.5 cm³/mol. The van der Waals surface area contributed by atoms with E-state index in [1.165, 1.54) is 29.7 Å². The molecule has 1 aromatic heterocycles. The molecule has 0 N–H and O–H groups in total. The summed E-state index contributed by atoms with van der Waals surface area (Å²) in [6.45, 7) is 0. The Balaban J connectivity index is 1.74. The number of Topliss-reactive ketones (excluding diaryl/α,β-unsaturated/α-hetero) is 1. The van der Waals surface area contributed by atoms with Gasteiger partial charge in [0.25, 0.3) is 0 Å². The van der Waals surface area contributed by atoms with Gasteiger partial charge in [-0.2, -0.15) is 0 Å². The van der Waals surface area contributed by atoms with Crippen molar-refractivity contribution in [2.24, 2.45) is 5.92 Å². The molecule has 1 saturated carbocycles. The van der Waals surface area contributed by atoms with E-state index in [1.54, 1.807) is 24.3 Å². The molecular weight excluding hydrogens is 344 g/mol. The van der Waals surface area contributed by atoms with Gasteiger partial charge in [-0.15, -0.1) is 11.3 Å². The summed E-state index contributed by atoms with van der Waals surface area (Å²) in [6, 6.07) is 6.68. The Hall–Kier alpha value is -1.57. The van der Waals surface area contributed by atoms with Crippen molar-refractivity contribution in [3.8, 4) is 11.3 Å². The Morgan fingerprint density at radius 3 is 2.46 bits per heavy atom. The van der Waals surface area contributed by atoms with Crippen LogP contribution in [0.3, 0.4) is 0 Å². The second kappa shape index (κ2) is 6.74. The van der Waals surface area contributed by atoms with Gasteiger partial charge in [0.1, 0.15) is 10.8 Å². The highest BCUT2D eigenvalue weighted by Gasteiger charge is 2.25. The lowest BCUT2D eigenvalue weighted by atomic mass is 9.81. The maximum atomic E-state index is 12.1. The monoisotopic (exact) mass is 364 g/mol. The number of aromatic nitrogens is 1. The van der Waals surface area contributed by atoms with Gasteiger partial charge in [0.05, 0.1) is 17.0 Å². The normalized spacial score (nSPS) is 15.5. The van der Waals surface area contributed by atoms with Crippen molar-refractivity contribution < 1.29 is 13.2 Å². The summed E-state index contributed by atoms with van der Waals surface area (Å²) >= 11 is 1.48. The quantitative estimate of drug-likeness (QED) is 0.790. The van der Waals surface area contributed by atoms with Crippen LogP contribution in [-0.2, 0) is 21.2 Å². The highest BCUT2D eigenvalue weighted by molar-refractivity contribution is 7.89. The molecule has 0 aliphatic heterocycles. The van der Waals surface area contributed by atoms with Crippen LogP contribution in [0.25, 0.3) is 11.3 Å². The van der Waals surface area contributed by atoms with E-state index in [2.05, 4.69) is 4.98 Å². The van der Waals surface area contributed by atoms with Crippen LogP contribution in [0.15, 0.2) is 34.5 Å². The van der Waals surface area contributed by atoms with E-state index in [0.717, 1.165) is 35.5 Å². The number of rotatable bonds is 6. The molecule has 24 heavy (non-hydrogen) atoms. The fraction of sp³-hybridized carbons (Fsp3) is 0.412. The van der Waals surface area contributed by atoms with Crippen molar-refractivity contribution >= 4 is 27.1 Å². The largest absolute Gasteiger partial charge is 0.299 e. The molecule has 128 valence electrons. The van der Waals surface area contributed by atoms with E-state index < -0.39 is 10.0 Å². The molecule has 1 aromatic carbocycles. The number of hydrogen-bond acceptors (Lipinski definition) is 5. The average Bonchev–Trinajstić information content (AvgIpc) is 2.93. The summed E-state index contributed by atoms with van der Waals surface area (Å²) < 4.78 is 25.3. The predicted octanol–water partition coefficient (Wildman–Crippen LogP) is 2.97. The summed E-state index contributed by atoms with van der Waals surface area (Å²) in [7, 11) is -0.404. The molecule has 0 bridgehead atoms. The van der Waals surface area contributed by atoms with Crippen LogP contribution in [0.4, 0.5) is 0 Å². The second-order valence-electron chi connectivity index (χ2n) is 6.21. The SMILES string of the molecule is CN(C)S(=O)(=O)c1ccc(-c2csc(CC(=O)C3CCC3)n2)cc1. The van der Waals surface area contributed by atoms with E-state index in [4.69, 9.17) is 0 Å². The van der Waals surface area contributed by atoms with Crippen LogP contribution in [0.1, 0.15) is 24.3 Å². The lowest BCUT2D eigenvalue weighted by molar-refractivity contribution is -0.124. The van der Waals surface area contributed by atoms with E-state index in [9.17, 15) is 13.2 Å². The molecule has 3 rings (SSSR count). The number of thiazole rings is 1. The summed E-state index contributed by atoms with van der Waals surface area (Å²) in [5.74, 6) is 0.516. The fourth-order valence-electron chi connectivity index (χ4n) is 2.56. The molecule has 0 spiro atoms. The number of nitrogens with zero attached hydrogens (tertiary/aromatic N) is 2. The standard InChI is InChI=1S/C17H20N2O3S2/c1-19(2)24(21,22)14-8-6-12(7-9-14)15-11-23-17(18-15)10-16(20)13-4-3-5-13/h6-9,11,13H,3-5,10H2,1-2H3. The van der Waals surface area contributed by atoms with Crippen molar-refractivity contribution in [1.29, 1.82) is 0 Å². The third-order valence-corrected chi connectivity index (χ3v) is 7.04. The summed E-state index contributed by atoms with van der Waals surface area (Å²) in [4.78, 5) is 16.8. The Labute approximate surface area is 146 Å². The summed E-state index contributed by atoms with van der Waals surface area (Å²) in [5.41, 5.74) is 1.64. The van der Waals surface area contributed by atoms with Crippen molar-refractivity contribution in [3.63, 3.8) is 0 Å². The zero-order chi connectivity index (χ0) is 17.3. The number of carbonyl (C=O) groups excluding carboxylic acids is 1. The molecule has 5 nitrogen and oxygen atoms in total. The Morgan fingerprint density at radius 2 is 1.92 bits per heavy atom. The highest BCUT2D eigenvalue weighted by atomic mass is 32.2. The number of carbonyl (C=O) groups is 1. The topological polar surface area (TPSA) is 67.3 Å². The van der Waals surface area contributed by atoms with E-state index in [-0.39, 0.29) is 16.6 Å². The molecule has 0 atom stereocenters. The van der Waals surface area contributed by atoms with Crippen LogP contribution in [0.2, 0.25) is 0 Å². The van der Waals surface area contributed by atoms with Crippen LogP contribution in [-0.4, -0.2) is 37.6 Å². The van der Waals surface area contributed by atoms with Crippen LogP contribution >= 0.6 is 11.3 Å². The van der Waals surface area contributed by atoms with Gasteiger partial charge in [0, 0.05) is 31.0 Å². The maximum absolute atomic E-state index is 12.1. The molecule has 7 heteroatoms. The first-order valence-corrected chi connectivity index (χ1v) is 10.2.